The lowest BCUT2D eigenvalue weighted by Gasteiger charge is -2.17. The summed E-state index contributed by atoms with van der Waals surface area (Å²) < 4.78 is 0. The lowest BCUT2D eigenvalue weighted by Crippen LogP contribution is -2.28. The van der Waals surface area contributed by atoms with Gasteiger partial charge in [0.05, 0.1) is 16.2 Å². The maximum atomic E-state index is 11.6. The first kappa shape index (κ1) is 15.0. The van der Waals surface area contributed by atoms with Gasteiger partial charge in [0.1, 0.15) is 12.1 Å². The highest BCUT2D eigenvalue weighted by Gasteiger charge is 2.19. The number of non-ortho nitro benzene ring substituents is 1. The third-order valence-corrected chi connectivity index (χ3v) is 3.05. The number of nitro benzene ring substituents is 1. The molecular formula is C15H12N4O3. The minimum atomic E-state index is -0.838. The molecule has 1 amide bonds. The number of nitro groups is 1. The van der Waals surface area contributed by atoms with E-state index in [1.165, 1.54) is 12.1 Å². The van der Waals surface area contributed by atoms with Gasteiger partial charge in [-0.3, -0.25) is 14.9 Å². The molecule has 0 aliphatic rings. The summed E-state index contributed by atoms with van der Waals surface area (Å²) in [6.45, 7) is 0. The second-order valence-electron chi connectivity index (χ2n) is 4.49. The van der Waals surface area contributed by atoms with Crippen molar-refractivity contribution in [3.05, 3.63) is 69.8 Å². The number of nitrogens with zero attached hydrogens (tertiary/aromatic N) is 2. The smallest absolute Gasteiger partial charge is 0.270 e. The predicted octanol–water partition coefficient (Wildman–Crippen LogP) is 2.10. The van der Waals surface area contributed by atoms with E-state index < -0.39 is 16.9 Å². The molecule has 0 saturated heterocycles. The third-order valence-electron chi connectivity index (χ3n) is 3.05. The third kappa shape index (κ3) is 3.19. The summed E-state index contributed by atoms with van der Waals surface area (Å²) in [6.07, 6.45) is 0. The Morgan fingerprint density at radius 1 is 1.27 bits per heavy atom. The van der Waals surface area contributed by atoms with Crippen molar-refractivity contribution in [1.29, 1.82) is 5.26 Å². The zero-order chi connectivity index (χ0) is 16.1. The molecule has 0 radical (unpaired) electrons. The number of amides is 1. The molecule has 2 rings (SSSR count). The molecule has 2 aromatic rings. The molecule has 0 aliphatic carbocycles. The fourth-order valence-electron chi connectivity index (χ4n) is 1.98. The van der Waals surface area contributed by atoms with Crippen molar-refractivity contribution in [3.63, 3.8) is 0 Å². The van der Waals surface area contributed by atoms with Gasteiger partial charge in [-0.1, -0.05) is 30.3 Å². The van der Waals surface area contributed by atoms with Gasteiger partial charge in [-0.2, -0.15) is 5.26 Å². The molecule has 1 unspecified atom stereocenters. The molecule has 1 atom stereocenters. The van der Waals surface area contributed by atoms with Crippen molar-refractivity contribution in [2.75, 3.05) is 5.32 Å². The zero-order valence-electron chi connectivity index (χ0n) is 11.4. The Bertz CT molecular complexity index is 753. The van der Waals surface area contributed by atoms with Crippen LogP contribution < -0.4 is 11.1 Å². The van der Waals surface area contributed by atoms with Gasteiger partial charge in [0, 0.05) is 12.1 Å². The number of primary amides is 1. The molecule has 7 nitrogen and oxygen atoms in total. The molecule has 0 aromatic heterocycles. The molecule has 110 valence electrons. The van der Waals surface area contributed by atoms with Gasteiger partial charge >= 0.3 is 0 Å². The molecule has 0 aliphatic heterocycles. The van der Waals surface area contributed by atoms with E-state index in [4.69, 9.17) is 11.0 Å². The van der Waals surface area contributed by atoms with Crippen LogP contribution in [0.2, 0.25) is 0 Å². The first-order valence-corrected chi connectivity index (χ1v) is 6.32. The Hall–Kier alpha value is -3.40. The number of hydrogen-bond acceptors (Lipinski definition) is 5. The fraction of sp³-hybridized carbons (Fsp3) is 0.0667. The van der Waals surface area contributed by atoms with Gasteiger partial charge in [0.2, 0.25) is 5.91 Å². The lowest BCUT2D eigenvalue weighted by atomic mass is 10.0. The Morgan fingerprint density at radius 2 is 1.95 bits per heavy atom. The number of nitrogens with two attached hydrogens (primary N) is 1. The Kier molecular flexibility index (Phi) is 4.34. The van der Waals surface area contributed by atoms with E-state index in [1.54, 1.807) is 30.3 Å². The van der Waals surface area contributed by atoms with Crippen molar-refractivity contribution in [2.24, 2.45) is 5.73 Å². The summed E-state index contributed by atoms with van der Waals surface area (Å²) in [5.74, 6) is -0.617. The van der Waals surface area contributed by atoms with Gasteiger partial charge in [0.25, 0.3) is 5.69 Å². The Balaban J connectivity index is 2.37. The van der Waals surface area contributed by atoms with Gasteiger partial charge in [-0.25, -0.2) is 0 Å². The summed E-state index contributed by atoms with van der Waals surface area (Å²) in [7, 11) is 0. The maximum absolute atomic E-state index is 11.6. The quantitative estimate of drug-likeness (QED) is 0.646. The van der Waals surface area contributed by atoms with Crippen molar-refractivity contribution >= 4 is 17.3 Å². The van der Waals surface area contributed by atoms with Crippen molar-refractivity contribution < 1.29 is 9.72 Å². The van der Waals surface area contributed by atoms with Crippen molar-refractivity contribution in [3.8, 4) is 6.07 Å². The maximum Gasteiger partial charge on any atom is 0.270 e. The van der Waals surface area contributed by atoms with E-state index in [-0.39, 0.29) is 11.3 Å². The summed E-state index contributed by atoms with van der Waals surface area (Å²) >= 11 is 0. The lowest BCUT2D eigenvalue weighted by molar-refractivity contribution is -0.384. The number of anilines is 1. The molecule has 7 heteroatoms. The van der Waals surface area contributed by atoms with Crippen molar-refractivity contribution in [1.82, 2.24) is 0 Å². The van der Waals surface area contributed by atoms with Gasteiger partial charge in [0.15, 0.2) is 0 Å². The highest BCUT2D eigenvalue weighted by atomic mass is 16.6. The number of benzene rings is 2. The van der Waals surface area contributed by atoms with Crippen molar-refractivity contribution in [2.45, 2.75) is 6.04 Å². The minimum absolute atomic E-state index is 0.0661. The molecule has 0 heterocycles. The number of carbonyl (C=O) groups is 1. The molecule has 0 spiro atoms. The second kappa shape index (κ2) is 6.37. The molecule has 2 aromatic carbocycles. The SMILES string of the molecule is N#Cc1cc([N+](=O)[O-])ccc1NC(C(N)=O)c1ccccc1. The molecule has 0 fully saturated rings. The van der Waals surface area contributed by atoms with Crippen LogP contribution in [0, 0.1) is 21.4 Å². The second-order valence-corrected chi connectivity index (χ2v) is 4.49. The monoisotopic (exact) mass is 296 g/mol. The largest absolute Gasteiger partial charge is 0.369 e. The van der Waals surface area contributed by atoms with E-state index in [1.807, 2.05) is 6.07 Å². The number of carbonyl (C=O) groups excluding carboxylic acids is 1. The average molecular weight is 296 g/mol. The normalized spacial score (nSPS) is 11.2. The van der Waals surface area contributed by atoms with Crippen LogP contribution in [0.15, 0.2) is 48.5 Å². The molecule has 3 N–H and O–H groups in total. The predicted molar refractivity (Wildman–Crippen MR) is 79.8 cm³/mol. The number of rotatable bonds is 5. The van der Waals surface area contributed by atoms with Crippen LogP contribution >= 0.6 is 0 Å². The summed E-state index contributed by atoms with van der Waals surface area (Å²) in [5.41, 5.74) is 6.21. The van der Waals surface area contributed by atoms with Crippen LogP contribution in [0.25, 0.3) is 0 Å². The zero-order valence-corrected chi connectivity index (χ0v) is 11.4. The van der Waals surface area contributed by atoms with Crippen LogP contribution in [0.1, 0.15) is 17.2 Å². The van der Waals surface area contributed by atoms with Crippen LogP contribution in [0.3, 0.4) is 0 Å². The number of nitriles is 1. The van der Waals surface area contributed by atoms with Crippen LogP contribution in [-0.4, -0.2) is 10.8 Å². The first-order chi connectivity index (χ1) is 10.5. The topological polar surface area (TPSA) is 122 Å². The highest BCUT2D eigenvalue weighted by molar-refractivity contribution is 5.85. The van der Waals surface area contributed by atoms with E-state index in [2.05, 4.69) is 5.32 Å². The standard InChI is InChI=1S/C15H12N4O3/c16-9-11-8-12(19(21)22)6-7-13(11)18-14(15(17)20)10-4-2-1-3-5-10/h1-8,14,18H,(H2,17,20). The molecule has 22 heavy (non-hydrogen) atoms. The van der Waals surface area contributed by atoms with Crippen LogP contribution in [-0.2, 0) is 4.79 Å². The van der Waals surface area contributed by atoms with Gasteiger partial charge < -0.3 is 11.1 Å². The van der Waals surface area contributed by atoms with E-state index in [9.17, 15) is 14.9 Å². The average Bonchev–Trinajstić information content (AvgIpc) is 2.52. The summed E-state index contributed by atoms with van der Waals surface area (Å²) in [6, 6.07) is 13.6. The van der Waals surface area contributed by atoms with E-state index in [0.717, 1.165) is 6.07 Å². The van der Waals surface area contributed by atoms with E-state index in [0.29, 0.717) is 11.3 Å². The molecule has 0 bridgehead atoms. The number of nitrogens with one attached hydrogen (secondary N) is 1. The van der Waals surface area contributed by atoms with Gasteiger partial charge in [-0.05, 0) is 11.6 Å². The van der Waals surface area contributed by atoms with E-state index >= 15 is 0 Å². The number of hydrogen-bond donors (Lipinski definition) is 2. The summed E-state index contributed by atoms with van der Waals surface area (Å²) in [4.78, 5) is 21.8. The molecular weight excluding hydrogens is 284 g/mol. The van der Waals surface area contributed by atoms with Crippen LogP contribution in [0.5, 0.6) is 0 Å². The van der Waals surface area contributed by atoms with Crippen LogP contribution in [0.4, 0.5) is 11.4 Å². The summed E-state index contributed by atoms with van der Waals surface area (Å²) in [5, 5.41) is 22.7. The first-order valence-electron chi connectivity index (χ1n) is 6.32. The minimum Gasteiger partial charge on any atom is -0.369 e. The molecule has 0 saturated carbocycles. The Labute approximate surface area is 126 Å². The Morgan fingerprint density at radius 3 is 2.50 bits per heavy atom. The fourth-order valence-corrected chi connectivity index (χ4v) is 1.98. The van der Waals surface area contributed by atoms with Gasteiger partial charge in [-0.15, -0.1) is 0 Å². The highest BCUT2D eigenvalue weighted by Crippen LogP contribution is 2.25.